The molecule has 2 aliphatic rings. The van der Waals surface area contributed by atoms with Gasteiger partial charge in [-0.2, -0.15) is 0 Å². The van der Waals surface area contributed by atoms with E-state index in [2.05, 4.69) is 5.32 Å². The molecule has 17 heavy (non-hydrogen) atoms. The van der Waals surface area contributed by atoms with Gasteiger partial charge in [0.2, 0.25) is 0 Å². The van der Waals surface area contributed by atoms with Crippen LogP contribution in [0.2, 0.25) is 0 Å². The fourth-order valence-electron chi connectivity index (χ4n) is 3.21. The second-order valence-corrected chi connectivity index (χ2v) is 7.60. The van der Waals surface area contributed by atoms with E-state index in [1.54, 1.807) is 0 Å². The fraction of sp³-hybridized carbons (Fsp3) is 1.00. The molecule has 0 aliphatic carbocycles. The minimum Gasteiger partial charge on any atom is -0.396 e. The van der Waals surface area contributed by atoms with Crippen LogP contribution < -0.4 is 5.32 Å². The predicted octanol–water partition coefficient (Wildman–Crippen LogP) is -0.712. The molecule has 0 spiro atoms. The Morgan fingerprint density at radius 1 is 1.18 bits per heavy atom. The first-order chi connectivity index (χ1) is 7.93. The van der Waals surface area contributed by atoms with Crippen LogP contribution in [0.5, 0.6) is 0 Å². The first-order valence-electron chi connectivity index (χ1n) is 6.18. The zero-order valence-corrected chi connectivity index (χ0v) is 10.8. The Bertz CT molecular complexity index is 375. The molecule has 2 fully saturated rings. The topological polar surface area (TPSA) is 86.6 Å². The van der Waals surface area contributed by atoms with Crippen LogP contribution in [0.25, 0.3) is 0 Å². The predicted molar refractivity (Wildman–Crippen MR) is 64.5 cm³/mol. The van der Waals surface area contributed by atoms with Crippen molar-refractivity contribution in [3.05, 3.63) is 0 Å². The van der Waals surface area contributed by atoms with Gasteiger partial charge in [0.15, 0.2) is 9.84 Å². The van der Waals surface area contributed by atoms with Crippen molar-refractivity contribution >= 4 is 9.84 Å². The lowest BCUT2D eigenvalue weighted by atomic mass is 9.66. The summed E-state index contributed by atoms with van der Waals surface area (Å²) >= 11 is 0. The van der Waals surface area contributed by atoms with E-state index in [9.17, 15) is 18.6 Å². The molecular weight excluding hydrogens is 242 g/mol. The van der Waals surface area contributed by atoms with Gasteiger partial charge in [-0.3, -0.25) is 0 Å². The highest BCUT2D eigenvalue weighted by atomic mass is 32.2. The highest BCUT2D eigenvalue weighted by molar-refractivity contribution is 7.91. The van der Waals surface area contributed by atoms with E-state index in [1.807, 2.05) is 0 Å². The van der Waals surface area contributed by atoms with Gasteiger partial charge in [-0.25, -0.2) is 8.42 Å². The average molecular weight is 263 g/mol. The summed E-state index contributed by atoms with van der Waals surface area (Å²) in [5.74, 6) is 0.107. The van der Waals surface area contributed by atoms with Gasteiger partial charge in [-0.15, -0.1) is 0 Å². The molecule has 2 saturated heterocycles. The molecule has 5 nitrogen and oxygen atoms in total. The van der Waals surface area contributed by atoms with Crippen molar-refractivity contribution < 1.29 is 18.6 Å². The largest absolute Gasteiger partial charge is 0.396 e. The Morgan fingerprint density at radius 3 is 2.35 bits per heavy atom. The molecule has 100 valence electrons. The number of aliphatic hydroxyl groups excluding tert-OH is 1. The van der Waals surface area contributed by atoms with Crippen molar-refractivity contribution in [3.63, 3.8) is 0 Å². The summed E-state index contributed by atoms with van der Waals surface area (Å²) in [4.78, 5) is 0. The minimum atomic E-state index is -3.13. The van der Waals surface area contributed by atoms with Crippen molar-refractivity contribution in [1.82, 2.24) is 5.32 Å². The lowest BCUT2D eigenvalue weighted by Gasteiger charge is -2.50. The first-order valence-corrected chi connectivity index (χ1v) is 8.00. The van der Waals surface area contributed by atoms with Crippen LogP contribution in [-0.4, -0.2) is 55.4 Å². The van der Waals surface area contributed by atoms with E-state index in [0.717, 1.165) is 0 Å². The average Bonchev–Trinajstić information content (AvgIpc) is 2.28. The van der Waals surface area contributed by atoms with Crippen LogP contribution in [0.15, 0.2) is 0 Å². The van der Waals surface area contributed by atoms with Gasteiger partial charge in [0, 0.05) is 5.41 Å². The molecule has 0 saturated carbocycles. The fourth-order valence-corrected chi connectivity index (χ4v) is 5.28. The van der Waals surface area contributed by atoms with Crippen LogP contribution in [0.4, 0.5) is 0 Å². The monoisotopic (exact) mass is 263 g/mol. The summed E-state index contributed by atoms with van der Waals surface area (Å²) in [5.41, 5.74) is -1.90. The smallest absolute Gasteiger partial charge is 0.151 e. The van der Waals surface area contributed by atoms with Crippen LogP contribution >= 0.6 is 0 Å². The maximum Gasteiger partial charge on any atom is 0.151 e. The normalized spacial score (nSPS) is 36.6. The van der Waals surface area contributed by atoms with E-state index in [-0.39, 0.29) is 18.1 Å². The number of hydrogen-bond donors (Lipinski definition) is 3. The summed E-state index contributed by atoms with van der Waals surface area (Å²) in [6, 6.07) is 0. The molecule has 1 unspecified atom stereocenters. The highest BCUT2D eigenvalue weighted by Crippen LogP contribution is 2.45. The Labute approximate surface area is 102 Å². The van der Waals surface area contributed by atoms with Crippen molar-refractivity contribution in [2.24, 2.45) is 5.41 Å². The molecule has 1 atom stereocenters. The van der Waals surface area contributed by atoms with Crippen LogP contribution in [0, 0.1) is 5.41 Å². The van der Waals surface area contributed by atoms with E-state index < -0.39 is 20.9 Å². The van der Waals surface area contributed by atoms with E-state index in [1.165, 1.54) is 0 Å². The maximum atomic E-state index is 11.8. The second kappa shape index (κ2) is 4.50. The third-order valence-electron chi connectivity index (χ3n) is 4.33. The van der Waals surface area contributed by atoms with Gasteiger partial charge in [0.1, 0.15) is 0 Å². The standard InChI is InChI=1S/C11H21NO4S/c13-8-10(2-1-7-17(15,16)9-10)11(14)3-5-12-6-4-11/h12-14H,1-9H2. The Morgan fingerprint density at radius 2 is 1.82 bits per heavy atom. The minimum absolute atomic E-state index is 0.0764. The number of nitrogens with one attached hydrogen (secondary N) is 1. The van der Waals surface area contributed by atoms with Crippen molar-refractivity contribution in [2.45, 2.75) is 31.3 Å². The molecule has 0 aromatic carbocycles. The third kappa shape index (κ3) is 2.36. The molecule has 2 rings (SSSR count). The van der Waals surface area contributed by atoms with Gasteiger partial charge in [-0.1, -0.05) is 0 Å². The SMILES string of the molecule is O=S1(=O)CCCC(CO)(C2(O)CCNCC2)C1. The molecule has 0 bridgehead atoms. The Hall–Kier alpha value is -0.170. The second-order valence-electron chi connectivity index (χ2n) is 5.42. The molecule has 6 heteroatoms. The Balaban J connectivity index is 2.29. The molecule has 0 aromatic rings. The van der Waals surface area contributed by atoms with Crippen molar-refractivity contribution in [3.8, 4) is 0 Å². The first kappa shape index (κ1) is 13.3. The molecule has 2 aliphatic heterocycles. The molecule has 0 amide bonds. The zero-order chi connectivity index (χ0) is 12.6. The van der Waals surface area contributed by atoms with Gasteiger partial charge in [0.25, 0.3) is 0 Å². The Kier molecular flexibility index (Phi) is 3.51. The summed E-state index contributed by atoms with van der Waals surface area (Å²) in [5, 5.41) is 23.5. The number of rotatable bonds is 2. The summed E-state index contributed by atoms with van der Waals surface area (Å²) < 4.78 is 23.5. The van der Waals surface area contributed by atoms with Gasteiger partial charge < -0.3 is 15.5 Å². The number of hydrogen-bond acceptors (Lipinski definition) is 5. The van der Waals surface area contributed by atoms with Gasteiger partial charge in [0.05, 0.1) is 23.7 Å². The van der Waals surface area contributed by atoms with E-state index in [4.69, 9.17) is 0 Å². The van der Waals surface area contributed by atoms with Gasteiger partial charge >= 0.3 is 0 Å². The van der Waals surface area contributed by atoms with E-state index in [0.29, 0.717) is 38.8 Å². The quantitative estimate of drug-likeness (QED) is 0.612. The zero-order valence-electron chi connectivity index (χ0n) is 9.98. The molecule has 3 N–H and O–H groups in total. The number of aliphatic hydroxyl groups is 2. The molecule has 0 aromatic heterocycles. The van der Waals surface area contributed by atoms with Crippen molar-refractivity contribution in [1.29, 1.82) is 0 Å². The summed E-state index contributed by atoms with van der Waals surface area (Å²) in [6.07, 6.45) is 2.17. The molecular formula is C11H21NO4S. The van der Waals surface area contributed by atoms with Gasteiger partial charge in [-0.05, 0) is 38.8 Å². The van der Waals surface area contributed by atoms with Crippen LogP contribution in [0.1, 0.15) is 25.7 Å². The van der Waals surface area contributed by atoms with Crippen LogP contribution in [0.3, 0.4) is 0 Å². The molecule has 0 radical (unpaired) electrons. The number of sulfone groups is 1. The highest BCUT2D eigenvalue weighted by Gasteiger charge is 2.53. The maximum absolute atomic E-state index is 11.8. The summed E-state index contributed by atoms with van der Waals surface area (Å²) in [6.45, 7) is 1.11. The lowest BCUT2D eigenvalue weighted by molar-refractivity contribution is -0.121. The number of piperidine rings is 1. The van der Waals surface area contributed by atoms with E-state index >= 15 is 0 Å². The van der Waals surface area contributed by atoms with Crippen LogP contribution in [-0.2, 0) is 9.84 Å². The lowest BCUT2D eigenvalue weighted by Crippen LogP contribution is -2.60. The molecule has 2 heterocycles. The third-order valence-corrected chi connectivity index (χ3v) is 6.23. The van der Waals surface area contributed by atoms with Crippen molar-refractivity contribution in [2.75, 3.05) is 31.2 Å². The summed E-state index contributed by atoms with van der Waals surface area (Å²) in [7, 11) is -3.13.